The summed E-state index contributed by atoms with van der Waals surface area (Å²) < 4.78 is 1.74. The topological polar surface area (TPSA) is 37.3 Å². The minimum atomic E-state index is -0.119. The number of hydrogen-bond acceptors (Lipinski definition) is 3. The first-order valence-corrected chi connectivity index (χ1v) is 6.39. The Bertz CT molecular complexity index is 792. The van der Waals surface area contributed by atoms with Crippen molar-refractivity contribution in [1.82, 2.24) is 0 Å². The molecule has 0 fully saturated rings. The van der Waals surface area contributed by atoms with Crippen LogP contribution in [0.15, 0.2) is 41.2 Å². The minimum Gasteiger partial charge on any atom is -0.507 e. The quantitative estimate of drug-likeness (QED) is 0.492. The van der Waals surface area contributed by atoms with Crippen LogP contribution in [0, 0.1) is 0 Å². The summed E-state index contributed by atoms with van der Waals surface area (Å²) in [5.41, 5.74) is -0.119. The Kier molecular flexibility index (Phi) is 2.27. The molecular formula is C13H7O2SSi. The van der Waals surface area contributed by atoms with E-state index in [0.717, 1.165) is 9.40 Å². The van der Waals surface area contributed by atoms with Gasteiger partial charge in [0.1, 0.15) is 5.75 Å². The van der Waals surface area contributed by atoms with Gasteiger partial charge in [-0.1, -0.05) is 18.2 Å². The molecule has 0 spiro atoms. The van der Waals surface area contributed by atoms with Crippen molar-refractivity contribution in [2.45, 2.75) is 0 Å². The van der Waals surface area contributed by atoms with Crippen molar-refractivity contribution < 1.29 is 5.11 Å². The predicted molar refractivity (Wildman–Crippen MR) is 72.7 cm³/mol. The Morgan fingerprint density at radius 2 is 1.82 bits per heavy atom. The molecule has 0 amide bonds. The maximum Gasteiger partial charge on any atom is 0.199 e. The highest BCUT2D eigenvalue weighted by atomic mass is 32.1. The van der Waals surface area contributed by atoms with Crippen LogP contribution in [0.3, 0.4) is 0 Å². The van der Waals surface area contributed by atoms with Gasteiger partial charge >= 0.3 is 0 Å². The standard InChI is InChI=1S/C13H7O2SSi/c14-12-7-3-1-2-4-8(7)16-9-5-6-10(17)13(15)11(9)12/h1-6,15H. The number of phenolic OH excluding ortho intramolecular Hbond substituents is 1. The van der Waals surface area contributed by atoms with Crippen LogP contribution in [0.4, 0.5) is 0 Å². The summed E-state index contributed by atoms with van der Waals surface area (Å²) in [5, 5.41) is 11.5. The third kappa shape index (κ3) is 1.49. The van der Waals surface area contributed by atoms with E-state index >= 15 is 0 Å². The van der Waals surface area contributed by atoms with Gasteiger partial charge in [-0.05, 0) is 23.4 Å². The summed E-state index contributed by atoms with van der Waals surface area (Å²) in [6.45, 7) is 0. The molecule has 0 atom stereocenters. The maximum absolute atomic E-state index is 12.3. The second-order valence-corrected chi connectivity index (χ2v) is 5.38. The van der Waals surface area contributed by atoms with E-state index in [-0.39, 0.29) is 11.2 Å². The van der Waals surface area contributed by atoms with Gasteiger partial charge in [0.05, 0.1) is 15.6 Å². The van der Waals surface area contributed by atoms with Crippen LogP contribution in [0.2, 0.25) is 0 Å². The number of aromatic hydroxyl groups is 1. The van der Waals surface area contributed by atoms with Crippen LogP contribution in [-0.2, 0) is 0 Å². The van der Waals surface area contributed by atoms with Gasteiger partial charge in [-0.2, -0.15) is 0 Å². The van der Waals surface area contributed by atoms with Crippen molar-refractivity contribution in [2.75, 3.05) is 0 Å². The third-order valence-corrected chi connectivity index (χ3v) is 4.26. The minimum absolute atomic E-state index is 0.0196. The molecule has 1 aromatic heterocycles. The fraction of sp³-hybridized carbons (Fsp3) is 0. The van der Waals surface area contributed by atoms with E-state index in [1.54, 1.807) is 12.1 Å². The molecule has 4 heteroatoms. The summed E-state index contributed by atoms with van der Waals surface area (Å²) in [4.78, 5) is 12.3. The van der Waals surface area contributed by atoms with E-state index in [4.69, 9.17) is 0 Å². The largest absolute Gasteiger partial charge is 0.507 e. The third-order valence-electron chi connectivity index (χ3n) is 2.72. The number of benzene rings is 2. The Morgan fingerprint density at radius 3 is 2.65 bits per heavy atom. The van der Waals surface area contributed by atoms with Crippen molar-refractivity contribution in [2.24, 2.45) is 0 Å². The average molecular weight is 255 g/mol. The lowest BCUT2D eigenvalue weighted by Crippen LogP contribution is -2.08. The normalized spacial score (nSPS) is 11.1. The molecule has 0 unspecified atom stereocenters. The van der Waals surface area contributed by atoms with Gasteiger partial charge in [0.25, 0.3) is 0 Å². The van der Waals surface area contributed by atoms with Crippen molar-refractivity contribution in [1.29, 1.82) is 0 Å². The van der Waals surface area contributed by atoms with Crippen LogP contribution in [0.5, 0.6) is 5.75 Å². The second kappa shape index (κ2) is 3.68. The lowest BCUT2D eigenvalue weighted by molar-refractivity contribution is 0.485. The predicted octanol–water partition coefficient (Wildman–Crippen LogP) is 1.91. The highest BCUT2D eigenvalue weighted by Gasteiger charge is 2.10. The average Bonchev–Trinajstić information content (AvgIpc) is 2.34. The fourth-order valence-electron chi connectivity index (χ4n) is 1.87. The van der Waals surface area contributed by atoms with Crippen LogP contribution >= 0.6 is 11.3 Å². The number of fused-ring (bicyclic) bond motifs is 2. The zero-order valence-corrected chi connectivity index (χ0v) is 10.5. The maximum atomic E-state index is 12.3. The lowest BCUT2D eigenvalue weighted by Gasteiger charge is -2.04. The zero-order valence-electron chi connectivity index (χ0n) is 8.73. The summed E-state index contributed by atoms with van der Waals surface area (Å²) in [7, 11) is 3.28. The molecule has 3 aromatic rings. The van der Waals surface area contributed by atoms with E-state index in [0.29, 0.717) is 16.0 Å². The smallest absolute Gasteiger partial charge is 0.199 e. The molecule has 0 saturated carbocycles. The molecule has 0 aliphatic carbocycles. The van der Waals surface area contributed by atoms with E-state index in [9.17, 15) is 9.90 Å². The van der Waals surface area contributed by atoms with Crippen LogP contribution in [0.25, 0.3) is 20.2 Å². The monoisotopic (exact) mass is 255 g/mol. The molecule has 2 nitrogen and oxygen atoms in total. The van der Waals surface area contributed by atoms with Crippen LogP contribution in [0.1, 0.15) is 0 Å². The number of hydrogen-bond donors (Lipinski definition) is 1. The first-order valence-electron chi connectivity index (χ1n) is 5.07. The molecule has 17 heavy (non-hydrogen) atoms. The number of phenols is 1. The highest BCUT2D eigenvalue weighted by molar-refractivity contribution is 7.24. The Balaban J connectivity index is 2.66. The van der Waals surface area contributed by atoms with Crippen molar-refractivity contribution in [3.63, 3.8) is 0 Å². The molecule has 3 rings (SSSR count). The summed E-state index contributed by atoms with van der Waals surface area (Å²) in [6, 6.07) is 11.0. The van der Waals surface area contributed by atoms with E-state index in [2.05, 4.69) is 10.2 Å². The first-order chi connectivity index (χ1) is 8.18. The Morgan fingerprint density at radius 1 is 1.06 bits per heavy atom. The summed E-state index contributed by atoms with van der Waals surface area (Å²) in [6.07, 6.45) is 0. The van der Waals surface area contributed by atoms with Crippen molar-refractivity contribution >= 4 is 46.9 Å². The van der Waals surface area contributed by atoms with E-state index in [1.165, 1.54) is 11.3 Å². The molecular weight excluding hydrogens is 248 g/mol. The van der Waals surface area contributed by atoms with Crippen LogP contribution < -0.4 is 10.6 Å². The first kappa shape index (κ1) is 10.5. The molecule has 0 aliphatic rings. The van der Waals surface area contributed by atoms with Gasteiger partial charge in [0.15, 0.2) is 5.43 Å². The molecule has 1 N–H and O–H groups in total. The fourth-order valence-corrected chi connectivity index (χ4v) is 3.16. The molecule has 2 aromatic carbocycles. The van der Waals surface area contributed by atoms with Crippen molar-refractivity contribution in [3.05, 3.63) is 46.6 Å². The number of rotatable bonds is 0. The Hall–Kier alpha value is -1.65. The van der Waals surface area contributed by atoms with Gasteiger partial charge in [-0.25, -0.2) is 0 Å². The molecule has 0 aliphatic heterocycles. The summed E-state index contributed by atoms with van der Waals surface area (Å²) >= 11 is 1.51. The van der Waals surface area contributed by atoms with Crippen molar-refractivity contribution in [3.8, 4) is 5.75 Å². The summed E-state index contributed by atoms with van der Waals surface area (Å²) in [5.74, 6) is 0.0196. The SMILES string of the molecule is O=c1c2ccccc2sc2ccc([Si])c(O)c12. The zero-order chi connectivity index (χ0) is 12.0. The second-order valence-electron chi connectivity index (χ2n) is 3.76. The molecule has 0 saturated heterocycles. The van der Waals surface area contributed by atoms with Gasteiger partial charge in [0, 0.05) is 14.8 Å². The van der Waals surface area contributed by atoms with E-state index in [1.807, 2.05) is 24.3 Å². The molecule has 0 bridgehead atoms. The molecule has 3 radical (unpaired) electrons. The van der Waals surface area contributed by atoms with Gasteiger partial charge < -0.3 is 5.11 Å². The Labute approximate surface area is 105 Å². The van der Waals surface area contributed by atoms with Gasteiger partial charge in [-0.3, -0.25) is 4.79 Å². The van der Waals surface area contributed by atoms with Gasteiger partial charge in [0.2, 0.25) is 0 Å². The van der Waals surface area contributed by atoms with Gasteiger partial charge in [-0.15, -0.1) is 11.3 Å². The highest BCUT2D eigenvalue weighted by Crippen LogP contribution is 2.27. The molecule has 81 valence electrons. The molecule has 1 heterocycles. The van der Waals surface area contributed by atoms with E-state index < -0.39 is 0 Å². The lowest BCUT2D eigenvalue weighted by atomic mass is 10.1. The van der Waals surface area contributed by atoms with Crippen LogP contribution in [-0.4, -0.2) is 15.3 Å².